The Hall–Kier alpha value is -0.0800. The lowest BCUT2D eigenvalue weighted by molar-refractivity contribution is -0.0349. The van der Waals surface area contributed by atoms with Gasteiger partial charge in [-0.3, -0.25) is 0 Å². The molecule has 2 fully saturated rings. The third-order valence-corrected chi connectivity index (χ3v) is 3.64. The Kier molecular flexibility index (Phi) is 1.69. The monoisotopic (exact) mass is 154 g/mol. The van der Waals surface area contributed by atoms with E-state index >= 15 is 0 Å². The van der Waals surface area contributed by atoms with E-state index < -0.39 is 0 Å². The first-order valence-corrected chi connectivity index (χ1v) is 4.63. The summed E-state index contributed by atoms with van der Waals surface area (Å²) in [7, 11) is 4.50. The Morgan fingerprint density at radius 2 is 1.45 bits per heavy atom. The molecule has 2 aliphatic heterocycles. The van der Waals surface area contributed by atoms with Crippen LogP contribution in [0.1, 0.15) is 19.3 Å². The first-order valence-electron chi connectivity index (χ1n) is 4.63. The van der Waals surface area contributed by atoms with Gasteiger partial charge < -0.3 is 9.80 Å². The molecule has 2 heteroatoms. The zero-order chi connectivity index (χ0) is 7.90. The summed E-state index contributed by atoms with van der Waals surface area (Å²) in [6.07, 6.45) is 4.22. The molecule has 0 atom stereocenters. The van der Waals surface area contributed by atoms with Gasteiger partial charge in [-0.2, -0.15) is 0 Å². The molecule has 0 aromatic heterocycles. The fourth-order valence-corrected chi connectivity index (χ4v) is 2.32. The van der Waals surface area contributed by atoms with Crippen molar-refractivity contribution in [1.29, 1.82) is 0 Å². The van der Waals surface area contributed by atoms with Crippen LogP contribution in [0.2, 0.25) is 0 Å². The maximum Gasteiger partial charge on any atom is 0.0243 e. The summed E-state index contributed by atoms with van der Waals surface area (Å²) in [6.45, 7) is 3.92. The van der Waals surface area contributed by atoms with Crippen LogP contribution in [0.3, 0.4) is 0 Å². The molecule has 64 valence electrons. The lowest BCUT2D eigenvalue weighted by Gasteiger charge is -2.54. The summed E-state index contributed by atoms with van der Waals surface area (Å²) in [5.41, 5.74) is 0.631. The van der Waals surface area contributed by atoms with E-state index in [1.54, 1.807) is 0 Å². The molecule has 2 rings (SSSR count). The highest BCUT2D eigenvalue weighted by atomic mass is 15.3. The van der Waals surface area contributed by atoms with Gasteiger partial charge in [0.05, 0.1) is 0 Å². The van der Waals surface area contributed by atoms with Crippen molar-refractivity contribution in [2.24, 2.45) is 0 Å². The van der Waals surface area contributed by atoms with Crippen molar-refractivity contribution in [2.45, 2.75) is 24.8 Å². The largest absolute Gasteiger partial charge is 0.306 e. The molecule has 0 aliphatic carbocycles. The van der Waals surface area contributed by atoms with Crippen molar-refractivity contribution in [3.05, 3.63) is 0 Å². The Morgan fingerprint density at radius 1 is 0.909 bits per heavy atom. The number of rotatable bonds is 0. The van der Waals surface area contributed by atoms with Crippen molar-refractivity contribution >= 4 is 0 Å². The van der Waals surface area contributed by atoms with Gasteiger partial charge in [0.1, 0.15) is 0 Å². The molecular weight excluding hydrogens is 136 g/mol. The molecule has 2 nitrogen and oxygen atoms in total. The van der Waals surface area contributed by atoms with Crippen LogP contribution in [0.15, 0.2) is 0 Å². The van der Waals surface area contributed by atoms with E-state index in [1.807, 2.05) is 0 Å². The van der Waals surface area contributed by atoms with Gasteiger partial charge in [-0.05, 0) is 46.4 Å². The number of likely N-dealkylation sites (tertiary alicyclic amines) is 2. The summed E-state index contributed by atoms with van der Waals surface area (Å²) in [5.74, 6) is 0. The van der Waals surface area contributed by atoms with Crippen LogP contribution >= 0.6 is 0 Å². The zero-order valence-corrected chi connectivity index (χ0v) is 7.64. The normalized spacial score (nSPS) is 32.2. The molecule has 0 radical (unpaired) electrons. The lowest BCUT2D eigenvalue weighted by Crippen LogP contribution is -2.61. The second-order valence-corrected chi connectivity index (χ2v) is 4.20. The minimum atomic E-state index is 0.631. The minimum absolute atomic E-state index is 0.631. The summed E-state index contributed by atoms with van der Waals surface area (Å²) >= 11 is 0. The predicted molar refractivity (Wildman–Crippen MR) is 46.7 cm³/mol. The van der Waals surface area contributed by atoms with Gasteiger partial charge in [0, 0.05) is 12.1 Å². The van der Waals surface area contributed by atoms with Crippen molar-refractivity contribution in [2.75, 3.05) is 33.7 Å². The summed E-state index contributed by atoms with van der Waals surface area (Å²) < 4.78 is 0. The molecule has 0 amide bonds. The smallest absolute Gasteiger partial charge is 0.0243 e. The molecule has 0 unspecified atom stereocenters. The molecule has 2 heterocycles. The van der Waals surface area contributed by atoms with E-state index in [4.69, 9.17) is 0 Å². The van der Waals surface area contributed by atoms with Crippen molar-refractivity contribution < 1.29 is 0 Å². The van der Waals surface area contributed by atoms with E-state index in [1.165, 1.54) is 38.9 Å². The molecule has 0 aromatic carbocycles. The zero-order valence-electron chi connectivity index (χ0n) is 7.64. The molecule has 0 saturated carbocycles. The fraction of sp³-hybridized carbons (Fsp3) is 1.00. The number of hydrogen-bond donors (Lipinski definition) is 0. The Morgan fingerprint density at radius 3 is 1.82 bits per heavy atom. The van der Waals surface area contributed by atoms with Crippen LogP contribution in [0.4, 0.5) is 0 Å². The van der Waals surface area contributed by atoms with E-state index in [0.717, 1.165) is 0 Å². The highest BCUT2D eigenvalue weighted by Crippen LogP contribution is 2.37. The Bertz CT molecular complexity index is 148. The first kappa shape index (κ1) is 7.56. The quantitative estimate of drug-likeness (QED) is 0.509. The lowest BCUT2D eigenvalue weighted by atomic mass is 9.77. The van der Waals surface area contributed by atoms with E-state index in [2.05, 4.69) is 23.9 Å². The third-order valence-electron chi connectivity index (χ3n) is 3.64. The first-order chi connectivity index (χ1) is 5.23. The van der Waals surface area contributed by atoms with Gasteiger partial charge in [0.15, 0.2) is 0 Å². The second kappa shape index (κ2) is 2.46. The van der Waals surface area contributed by atoms with Crippen LogP contribution in [0.25, 0.3) is 0 Å². The van der Waals surface area contributed by atoms with Crippen LogP contribution in [-0.4, -0.2) is 49.1 Å². The molecule has 0 aromatic rings. The van der Waals surface area contributed by atoms with Gasteiger partial charge in [-0.15, -0.1) is 0 Å². The van der Waals surface area contributed by atoms with Crippen molar-refractivity contribution in [3.8, 4) is 0 Å². The maximum atomic E-state index is 2.54. The topological polar surface area (TPSA) is 6.48 Å². The molecule has 2 aliphatic rings. The molecular formula is C9H18N2. The van der Waals surface area contributed by atoms with E-state index in [9.17, 15) is 0 Å². The van der Waals surface area contributed by atoms with Crippen LogP contribution in [0, 0.1) is 0 Å². The molecule has 0 bridgehead atoms. The van der Waals surface area contributed by atoms with Gasteiger partial charge in [-0.1, -0.05) is 0 Å². The van der Waals surface area contributed by atoms with Crippen LogP contribution < -0.4 is 0 Å². The van der Waals surface area contributed by atoms with Crippen molar-refractivity contribution in [1.82, 2.24) is 9.80 Å². The van der Waals surface area contributed by atoms with Crippen LogP contribution in [-0.2, 0) is 0 Å². The average Bonchev–Trinajstić information content (AvgIpc) is 2.03. The summed E-state index contributed by atoms with van der Waals surface area (Å²) in [4.78, 5) is 4.98. The third kappa shape index (κ3) is 1.09. The Labute approximate surface area is 69.2 Å². The van der Waals surface area contributed by atoms with Crippen molar-refractivity contribution in [3.63, 3.8) is 0 Å². The van der Waals surface area contributed by atoms with Gasteiger partial charge in [-0.25, -0.2) is 0 Å². The van der Waals surface area contributed by atoms with Gasteiger partial charge in [0.2, 0.25) is 0 Å². The molecule has 2 saturated heterocycles. The average molecular weight is 154 g/mol. The number of piperidine rings is 1. The Balaban J connectivity index is 1.96. The highest BCUT2D eigenvalue weighted by molar-refractivity contribution is 5.00. The summed E-state index contributed by atoms with van der Waals surface area (Å²) in [5, 5.41) is 0. The van der Waals surface area contributed by atoms with E-state index in [0.29, 0.717) is 5.54 Å². The standard InChI is InChI=1S/C9H18N2/c1-10-6-3-9(4-7-10)5-8-11(9)2/h3-8H2,1-2H3. The molecule has 0 N–H and O–H groups in total. The minimum Gasteiger partial charge on any atom is -0.306 e. The predicted octanol–water partition coefficient (Wildman–Crippen LogP) is 0.786. The van der Waals surface area contributed by atoms with E-state index in [-0.39, 0.29) is 0 Å². The maximum absolute atomic E-state index is 2.54. The van der Waals surface area contributed by atoms with Crippen LogP contribution in [0.5, 0.6) is 0 Å². The van der Waals surface area contributed by atoms with Gasteiger partial charge in [0.25, 0.3) is 0 Å². The fourth-order valence-electron chi connectivity index (χ4n) is 2.32. The SMILES string of the molecule is CN1CCC2(CC1)CCN2C. The molecule has 1 spiro atoms. The number of nitrogens with zero attached hydrogens (tertiary/aromatic N) is 2. The van der Waals surface area contributed by atoms with Gasteiger partial charge >= 0.3 is 0 Å². The second-order valence-electron chi connectivity index (χ2n) is 4.20. The molecule has 11 heavy (non-hydrogen) atoms. The highest BCUT2D eigenvalue weighted by Gasteiger charge is 2.43. The summed E-state index contributed by atoms with van der Waals surface area (Å²) in [6, 6.07) is 0. The number of hydrogen-bond acceptors (Lipinski definition) is 2.